The van der Waals surface area contributed by atoms with Gasteiger partial charge < -0.3 is 4.57 Å². The van der Waals surface area contributed by atoms with Gasteiger partial charge in [-0.05, 0) is 61.0 Å². The molecular formula is C18H15ClN2. The first-order chi connectivity index (χ1) is 10.2. The molecule has 104 valence electrons. The number of hydrogen-bond acceptors (Lipinski definition) is 1. The first-order valence-corrected chi connectivity index (χ1v) is 7.14. The summed E-state index contributed by atoms with van der Waals surface area (Å²) in [7, 11) is 0. The number of benzene rings is 2. The summed E-state index contributed by atoms with van der Waals surface area (Å²) < 4.78 is 2.08. The van der Waals surface area contributed by atoms with Crippen LogP contribution in [-0.4, -0.2) is 10.8 Å². The first-order valence-electron chi connectivity index (χ1n) is 6.76. The number of rotatable bonds is 3. The summed E-state index contributed by atoms with van der Waals surface area (Å²) >= 11 is 5.93. The Labute approximate surface area is 129 Å². The highest BCUT2D eigenvalue weighted by molar-refractivity contribution is 6.30. The minimum absolute atomic E-state index is 0.737. The lowest BCUT2D eigenvalue weighted by molar-refractivity contribution is 1.07. The van der Waals surface area contributed by atoms with Crippen LogP contribution in [0.2, 0.25) is 5.02 Å². The molecule has 2 aromatic carbocycles. The van der Waals surface area contributed by atoms with Crippen LogP contribution >= 0.6 is 11.6 Å². The Morgan fingerprint density at radius 1 is 1.00 bits per heavy atom. The summed E-state index contributed by atoms with van der Waals surface area (Å²) in [6.45, 7) is 2.06. The maximum absolute atomic E-state index is 5.93. The van der Waals surface area contributed by atoms with Crippen molar-refractivity contribution in [3.05, 3.63) is 83.1 Å². The van der Waals surface area contributed by atoms with E-state index >= 15 is 0 Å². The molecular weight excluding hydrogens is 280 g/mol. The fourth-order valence-electron chi connectivity index (χ4n) is 2.19. The zero-order valence-electron chi connectivity index (χ0n) is 11.7. The predicted octanol–water partition coefficient (Wildman–Crippen LogP) is 5.19. The van der Waals surface area contributed by atoms with Crippen LogP contribution in [0, 0.1) is 6.92 Å². The fourth-order valence-corrected chi connectivity index (χ4v) is 2.31. The molecule has 3 rings (SSSR count). The Kier molecular flexibility index (Phi) is 3.89. The van der Waals surface area contributed by atoms with Gasteiger partial charge in [0.1, 0.15) is 0 Å². The van der Waals surface area contributed by atoms with E-state index in [4.69, 9.17) is 11.6 Å². The van der Waals surface area contributed by atoms with Crippen molar-refractivity contribution < 1.29 is 0 Å². The van der Waals surface area contributed by atoms with Gasteiger partial charge in [0.2, 0.25) is 0 Å². The first kappa shape index (κ1) is 13.7. The van der Waals surface area contributed by atoms with Crippen molar-refractivity contribution in [1.29, 1.82) is 0 Å². The molecule has 1 heterocycles. The summed E-state index contributed by atoms with van der Waals surface area (Å²) in [5, 5.41) is 0.737. The molecule has 3 heteroatoms. The van der Waals surface area contributed by atoms with Crippen LogP contribution in [0.3, 0.4) is 0 Å². The van der Waals surface area contributed by atoms with Crippen LogP contribution in [0.5, 0.6) is 0 Å². The molecule has 0 atom stereocenters. The van der Waals surface area contributed by atoms with E-state index in [0.717, 1.165) is 22.1 Å². The molecule has 0 saturated carbocycles. The number of nitrogens with zero attached hydrogens (tertiary/aromatic N) is 2. The lowest BCUT2D eigenvalue weighted by Crippen LogP contribution is -1.97. The molecule has 2 nitrogen and oxygen atoms in total. The predicted molar refractivity (Wildman–Crippen MR) is 89.2 cm³/mol. The van der Waals surface area contributed by atoms with E-state index in [1.165, 1.54) is 5.56 Å². The minimum Gasteiger partial charge on any atom is -0.316 e. The molecule has 0 saturated heterocycles. The van der Waals surface area contributed by atoms with Crippen LogP contribution in [0.4, 0.5) is 5.69 Å². The average Bonchev–Trinajstić information content (AvgIpc) is 2.94. The molecule has 0 spiro atoms. The van der Waals surface area contributed by atoms with E-state index in [1.54, 1.807) is 0 Å². The number of aromatic nitrogens is 1. The van der Waals surface area contributed by atoms with Crippen molar-refractivity contribution in [1.82, 2.24) is 4.57 Å². The van der Waals surface area contributed by atoms with E-state index in [9.17, 15) is 0 Å². The number of halogens is 1. The Morgan fingerprint density at radius 3 is 2.57 bits per heavy atom. The van der Waals surface area contributed by atoms with Crippen molar-refractivity contribution in [2.45, 2.75) is 6.92 Å². The van der Waals surface area contributed by atoms with Crippen molar-refractivity contribution in [2.24, 2.45) is 4.99 Å². The SMILES string of the molecule is Cc1cccc(N=Cc2cccn2-c2ccc(Cl)cc2)c1. The standard InChI is InChI=1S/C18H15ClN2/c1-14-4-2-5-16(12-14)20-13-18-6-3-11-21(18)17-9-7-15(19)8-10-17/h2-13H,1H3. The molecule has 0 fully saturated rings. The lowest BCUT2D eigenvalue weighted by atomic mass is 10.2. The fraction of sp³-hybridized carbons (Fsp3) is 0.0556. The van der Waals surface area contributed by atoms with E-state index < -0.39 is 0 Å². The number of aliphatic imine (C=N–C) groups is 1. The lowest BCUT2D eigenvalue weighted by Gasteiger charge is -2.06. The van der Waals surface area contributed by atoms with Crippen LogP contribution in [-0.2, 0) is 0 Å². The highest BCUT2D eigenvalue weighted by Crippen LogP contribution is 2.17. The second kappa shape index (κ2) is 5.98. The number of aryl methyl sites for hydroxylation is 1. The second-order valence-corrected chi connectivity index (χ2v) is 5.31. The summed E-state index contributed by atoms with van der Waals surface area (Å²) in [6, 6.07) is 19.9. The minimum atomic E-state index is 0.737. The molecule has 0 radical (unpaired) electrons. The largest absolute Gasteiger partial charge is 0.316 e. The maximum atomic E-state index is 5.93. The van der Waals surface area contributed by atoms with Gasteiger partial charge in [-0.2, -0.15) is 0 Å². The quantitative estimate of drug-likeness (QED) is 0.592. The average molecular weight is 295 g/mol. The molecule has 0 amide bonds. The zero-order valence-corrected chi connectivity index (χ0v) is 12.5. The summed E-state index contributed by atoms with van der Waals surface area (Å²) in [4.78, 5) is 4.54. The van der Waals surface area contributed by atoms with Crippen molar-refractivity contribution >= 4 is 23.5 Å². The maximum Gasteiger partial charge on any atom is 0.0639 e. The molecule has 0 N–H and O–H groups in total. The molecule has 0 bridgehead atoms. The van der Waals surface area contributed by atoms with E-state index in [2.05, 4.69) is 28.6 Å². The van der Waals surface area contributed by atoms with Crippen molar-refractivity contribution in [3.8, 4) is 5.69 Å². The third-order valence-electron chi connectivity index (χ3n) is 3.23. The van der Waals surface area contributed by atoms with E-state index in [-0.39, 0.29) is 0 Å². The van der Waals surface area contributed by atoms with E-state index in [0.29, 0.717) is 0 Å². The van der Waals surface area contributed by atoms with Crippen molar-refractivity contribution in [3.63, 3.8) is 0 Å². The smallest absolute Gasteiger partial charge is 0.0639 e. The van der Waals surface area contributed by atoms with Gasteiger partial charge in [-0.25, -0.2) is 0 Å². The molecule has 0 aliphatic heterocycles. The summed E-state index contributed by atoms with van der Waals surface area (Å²) in [6.07, 6.45) is 3.89. The Balaban J connectivity index is 1.91. The Bertz CT molecular complexity index is 770. The summed E-state index contributed by atoms with van der Waals surface area (Å²) in [5.74, 6) is 0. The molecule has 0 aliphatic carbocycles. The molecule has 0 unspecified atom stereocenters. The Hall–Kier alpha value is -2.32. The molecule has 21 heavy (non-hydrogen) atoms. The van der Waals surface area contributed by atoms with Crippen LogP contribution in [0.1, 0.15) is 11.3 Å². The normalized spacial score (nSPS) is 11.1. The zero-order chi connectivity index (χ0) is 14.7. The highest BCUT2D eigenvalue weighted by Gasteiger charge is 2.01. The number of hydrogen-bond donors (Lipinski definition) is 0. The van der Waals surface area contributed by atoms with Gasteiger partial charge >= 0.3 is 0 Å². The van der Waals surface area contributed by atoms with Crippen LogP contribution < -0.4 is 0 Å². The van der Waals surface area contributed by atoms with Crippen LogP contribution in [0.25, 0.3) is 5.69 Å². The molecule has 1 aromatic heterocycles. The molecule has 3 aromatic rings. The topological polar surface area (TPSA) is 17.3 Å². The van der Waals surface area contributed by atoms with Crippen molar-refractivity contribution in [2.75, 3.05) is 0 Å². The van der Waals surface area contributed by atoms with E-state index in [1.807, 2.05) is 60.9 Å². The highest BCUT2D eigenvalue weighted by atomic mass is 35.5. The van der Waals surface area contributed by atoms with Gasteiger partial charge in [0, 0.05) is 16.9 Å². The monoisotopic (exact) mass is 294 g/mol. The second-order valence-electron chi connectivity index (χ2n) is 4.88. The van der Waals surface area contributed by atoms with Gasteiger partial charge in [-0.15, -0.1) is 0 Å². The summed E-state index contributed by atoms with van der Waals surface area (Å²) in [5.41, 5.74) is 4.26. The third kappa shape index (κ3) is 3.23. The molecule has 0 aliphatic rings. The van der Waals surface area contributed by atoms with Gasteiger partial charge in [-0.3, -0.25) is 4.99 Å². The Morgan fingerprint density at radius 2 is 1.81 bits per heavy atom. The van der Waals surface area contributed by atoms with Gasteiger partial charge in [-0.1, -0.05) is 23.7 Å². The third-order valence-corrected chi connectivity index (χ3v) is 3.48. The van der Waals surface area contributed by atoms with Crippen LogP contribution in [0.15, 0.2) is 71.9 Å². The van der Waals surface area contributed by atoms with Gasteiger partial charge in [0.15, 0.2) is 0 Å². The van der Waals surface area contributed by atoms with Gasteiger partial charge in [0.05, 0.1) is 17.6 Å². The van der Waals surface area contributed by atoms with Gasteiger partial charge in [0.25, 0.3) is 0 Å².